The largest absolute Gasteiger partial charge is 0.375 e. The third-order valence-electron chi connectivity index (χ3n) is 2.48. The number of carbonyl (C=O) groups is 1. The van der Waals surface area contributed by atoms with Crippen LogP contribution in [0.2, 0.25) is 0 Å². The molecule has 7 heteroatoms. The first-order valence-corrected chi connectivity index (χ1v) is 6.13. The molecule has 1 amide bonds. The van der Waals surface area contributed by atoms with Gasteiger partial charge in [0.15, 0.2) is 0 Å². The normalized spacial score (nSPS) is 9.90. The fraction of sp³-hybridized carbons (Fsp3) is 0.385. The number of nitriles is 1. The van der Waals surface area contributed by atoms with Crippen LogP contribution >= 0.6 is 0 Å². The van der Waals surface area contributed by atoms with Crippen molar-refractivity contribution in [2.45, 2.75) is 13.8 Å². The molecule has 0 saturated carbocycles. The van der Waals surface area contributed by atoms with E-state index in [1.807, 2.05) is 19.9 Å². The lowest BCUT2D eigenvalue weighted by atomic mass is 10.1. The summed E-state index contributed by atoms with van der Waals surface area (Å²) in [7, 11) is 0. The number of nitrogens with one attached hydrogen (secondary N) is 2. The van der Waals surface area contributed by atoms with Gasteiger partial charge in [0.1, 0.15) is 6.07 Å². The maximum absolute atomic E-state index is 11.5. The van der Waals surface area contributed by atoms with Gasteiger partial charge < -0.3 is 10.6 Å². The Morgan fingerprint density at radius 3 is 2.75 bits per heavy atom. The Balaban J connectivity index is 2.67. The number of amides is 1. The summed E-state index contributed by atoms with van der Waals surface area (Å²) in [4.78, 5) is 21.6. The highest BCUT2D eigenvalue weighted by Crippen LogP contribution is 2.21. The first-order valence-electron chi connectivity index (χ1n) is 6.13. The van der Waals surface area contributed by atoms with E-state index in [9.17, 15) is 14.9 Å². The van der Waals surface area contributed by atoms with Crippen molar-refractivity contribution in [3.8, 4) is 6.07 Å². The molecule has 2 N–H and O–H groups in total. The Morgan fingerprint density at radius 2 is 2.20 bits per heavy atom. The average Bonchev–Trinajstić information content (AvgIpc) is 2.42. The van der Waals surface area contributed by atoms with Gasteiger partial charge in [-0.2, -0.15) is 5.26 Å². The van der Waals surface area contributed by atoms with E-state index in [-0.39, 0.29) is 23.7 Å². The number of benzene rings is 1. The number of non-ortho nitro benzene ring substituents is 1. The van der Waals surface area contributed by atoms with Crippen LogP contribution < -0.4 is 10.6 Å². The van der Waals surface area contributed by atoms with Gasteiger partial charge in [0, 0.05) is 18.7 Å². The number of hydrogen-bond donors (Lipinski definition) is 2. The quantitative estimate of drug-likeness (QED) is 0.606. The summed E-state index contributed by atoms with van der Waals surface area (Å²) in [5, 5.41) is 25.1. The summed E-state index contributed by atoms with van der Waals surface area (Å²) in [5.74, 6) is 0.161. The van der Waals surface area contributed by atoms with Gasteiger partial charge in [-0.1, -0.05) is 13.8 Å². The Hall–Kier alpha value is -2.62. The van der Waals surface area contributed by atoms with Gasteiger partial charge in [0.05, 0.1) is 22.7 Å². The second-order valence-corrected chi connectivity index (χ2v) is 4.65. The molecular weight excluding hydrogens is 260 g/mol. The topological polar surface area (TPSA) is 108 Å². The standard InChI is InChI=1S/C13H16N4O3/c1-9(2)7-16-13(18)8-15-12-4-3-11(17(19)20)5-10(12)6-14/h3-5,9,15H,7-8H2,1-2H3,(H,16,18). The zero-order valence-corrected chi connectivity index (χ0v) is 11.3. The van der Waals surface area contributed by atoms with Crippen LogP contribution in [0.5, 0.6) is 0 Å². The van der Waals surface area contributed by atoms with E-state index < -0.39 is 4.92 Å². The zero-order chi connectivity index (χ0) is 15.1. The summed E-state index contributed by atoms with van der Waals surface area (Å²) >= 11 is 0. The van der Waals surface area contributed by atoms with E-state index in [0.29, 0.717) is 18.2 Å². The predicted molar refractivity (Wildman–Crippen MR) is 74.1 cm³/mol. The lowest BCUT2D eigenvalue weighted by Gasteiger charge is -2.10. The Kier molecular flexibility index (Phi) is 5.47. The van der Waals surface area contributed by atoms with Gasteiger partial charge in [-0.05, 0) is 12.0 Å². The van der Waals surface area contributed by atoms with Gasteiger partial charge in [-0.25, -0.2) is 0 Å². The Morgan fingerprint density at radius 1 is 1.50 bits per heavy atom. The summed E-state index contributed by atoms with van der Waals surface area (Å²) in [6, 6.07) is 5.75. The maximum atomic E-state index is 11.5. The lowest BCUT2D eigenvalue weighted by Crippen LogP contribution is -2.32. The molecule has 0 bridgehead atoms. The average molecular weight is 276 g/mol. The first-order chi connectivity index (χ1) is 9.43. The highest BCUT2D eigenvalue weighted by Gasteiger charge is 2.11. The SMILES string of the molecule is CC(C)CNC(=O)CNc1ccc([N+](=O)[O-])cc1C#N. The molecule has 0 aliphatic carbocycles. The van der Waals surface area contributed by atoms with Crippen molar-refractivity contribution < 1.29 is 9.72 Å². The fourth-order valence-electron chi connectivity index (χ4n) is 1.45. The smallest absolute Gasteiger partial charge is 0.270 e. The molecule has 0 aliphatic rings. The summed E-state index contributed by atoms with van der Waals surface area (Å²) in [6.07, 6.45) is 0. The van der Waals surface area contributed by atoms with Crippen LogP contribution in [0.4, 0.5) is 11.4 Å². The van der Waals surface area contributed by atoms with Gasteiger partial charge in [0.2, 0.25) is 5.91 Å². The molecule has 106 valence electrons. The molecule has 0 fully saturated rings. The highest BCUT2D eigenvalue weighted by atomic mass is 16.6. The number of carbonyl (C=O) groups excluding carboxylic acids is 1. The highest BCUT2D eigenvalue weighted by molar-refractivity contribution is 5.81. The van der Waals surface area contributed by atoms with E-state index in [2.05, 4.69) is 10.6 Å². The number of rotatable bonds is 6. The minimum atomic E-state index is -0.569. The van der Waals surface area contributed by atoms with Crippen molar-refractivity contribution in [2.75, 3.05) is 18.4 Å². The maximum Gasteiger partial charge on any atom is 0.270 e. The van der Waals surface area contributed by atoms with Crippen molar-refractivity contribution in [2.24, 2.45) is 5.92 Å². The van der Waals surface area contributed by atoms with E-state index in [4.69, 9.17) is 5.26 Å². The minimum Gasteiger partial charge on any atom is -0.375 e. The van der Waals surface area contributed by atoms with Crippen LogP contribution in [0.25, 0.3) is 0 Å². The van der Waals surface area contributed by atoms with Gasteiger partial charge in [-0.15, -0.1) is 0 Å². The monoisotopic (exact) mass is 276 g/mol. The van der Waals surface area contributed by atoms with E-state index in [1.54, 1.807) is 0 Å². The van der Waals surface area contributed by atoms with Crippen LogP contribution in [-0.4, -0.2) is 23.9 Å². The van der Waals surface area contributed by atoms with Crippen molar-refractivity contribution in [1.29, 1.82) is 5.26 Å². The van der Waals surface area contributed by atoms with Crippen molar-refractivity contribution in [1.82, 2.24) is 5.32 Å². The third-order valence-corrected chi connectivity index (χ3v) is 2.48. The molecule has 0 unspecified atom stereocenters. The molecular formula is C13H16N4O3. The molecule has 1 rings (SSSR count). The Bertz CT molecular complexity index is 549. The number of nitro groups is 1. The number of hydrogen-bond acceptors (Lipinski definition) is 5. The molecule has 0 aliphatic heterocycles. The van der Waals surface area contributed by atoms with E-state index in [0.717, 1.165) is 0 Å². The second-order valence-electron chi connectivity index (χ2n) is 4.65. The predicted octanol–water partition coefficient (Wildman–Crippen LogP) is 1.65. The molecule has 0 aromatic heterocycles. The molecule has 20 heavy (non-hydrogen) atoms. The van der Waals surface area contributed by atoms with E-state index >= 15 is 0 Å². The van der Waals surface area contributed by atoms with E-state index in [1.165, 1.54) is 18.2 Å². The lowest BCUT2D eigenvalue weighted by molar-refractivity contribution is -0.384. The van der Waals surface area contributed by atoms with Gasteiger partial charge in [0.25, 0.3) is 5.69 Å². The van der Waals surface area contributed by atoms with Crippen molar-refractivity contribution in [3.05, 3.63) is 33.9 Å². The molecule has 0 heterocycles. The summed E-state index contributed by atoms with van der Waals surface area (Å²) in [5.41, 5.74) is 0.380. The molecule has 0 saturated heterocycles. The van der Waals surface area contributed by atoms with Gasteiger partial charge in [-0.3, -0.25) is 14.9 Å². The van der Waals surface area contributed by atoms with Gasteiger partial charge >= 0.3 is 0 Å². The molecule has 1 aromatic rings. The molecule has 7 nitrogen and oxygen atoms in total. The Labute approximate surface area is 116 Å². The van der Waals surface area contributed by atoms with Crippen LogP contribution in [0.1, 0.15) is 19.4 Å². The number of nitrogens with zero attached hydrogens (tertiary/aromatic N) is 2. The fourth-order valence-corrected chi connectivity index (χ4v) is 1.45. The molecule has 0 radical (unpaired) electrons. The number of nitro benzene ring substituents is 1. The first kappa shape index (κ1) is 15.4. The molecule has 0 spiro atoms. The van der Waals surface area contributed by atoms with Crippen LogP contribution in [0, 0.1) is 27.4 Å². The summed E-state index contributed by atoms with van der Waals surface area (Å²) < 4.78 is 0. The van der Waals surface area contributed by atoms with Crippen LogP contribution in [0.15, 0.2) is 18.2 Å². The van der Waals surface area contributed by atoms with Crippen LogP contribution in [-0.2, 0) is 4.79 Å². The van der Waals surface area contributed by atoms with Crippen molar-refractivity contribution in [3.63, 3.8) is 0 Å². The summed E-state index contributed by atoms with van der Waals surface area (Å²) in [6.45, 7) is 4.56. The zero-order valence-electron chi connectivity index (χ0n) is 11.3. The third kappa shape index (κ3) is 4.57. The van der Waals surface area contributed by atoms with Crippen molar-refractivity contribution >= 4 is 17.3 Å². The number of anilines is 1. The van der Waals surface area contributed by atoms with Crippen LogP contribution in [0.3, 0.4) is 0 Å². The second kappa shape index (κ2) is 7.09. The minimum absolute atomic E-state index is 0.0131. The molecule has 1 aromatic carbocycles. The molecule has 0 atom stereocenters.